The van der Waals surface area contributed by atoms with E-state index in [1.165, 1.54) is 28.5 Å². The number of anilines is 1. The molecular formula is C22H25N4O3+. The van der Waals surface area contributed by atoms with Crippen LogP contribution in [0.5, 0.6) is 0 Å². The first-order chi connectivity index (χ1) is 14.0. The summed E-state index contributed by atoms with van der Waals surface area (Å²) in [7, 11) is 0. The summed E-state index contributed by atoms with van der Waals surface area (Å²) in [5.41, 5.74) is 2.05. The molecule has 0 fully saturated rings. The van der Waals surface area contributed by atoms with Crippen LogP contribution in [0, 0.1) is 10.1 Å². The number of rotatable bonds is 9. The molecule has 0 aliphatic heterocycles. The second kappa shape index (κ2) is 9.66. The van der Waals surface area contributed by atoms with E-state index in [0.29, 0.717) is 19.6 Å². The Kier molecular flexibility index (Phi) is 6.76. The maximum absolute atomic E-state index is 12.1. The van der Waals surface area contributed by atoms with Crippen molar-refractivity contribution in [1.82, 2.24) is 5.32 Å². The quantitative estimate of drug-likeness (QED) is 0.295. The van der Waals surface area contributed by atoms with Gasteiger partial charge in [-0.25, -0.2) is 0 Å². The van der Waals surface area contributed by atoms with Crippen molar-refractivity contribution in [2.75, 3.05) is 25.0 Å². The number of hydrogen-bond donors (Lipinski definition) is 3. The summed E-state index contributed by atoms with van der Waals surface area (Å²) >= 11 is 0. The SMILES string of the molecule is C[C@@H]([NH2+]CC(=O)NCCNc1ccc([N+](=O)[O-])cc1)c1cccc2ccccc12. The van der Waals surface area contributed by atoms with Gasteiger partial charge in [0.05, 0.1) is 4.92 Å². The topological polar surface area (TPSA) is 101 Å². The standard InChI is InChI=1S/C22H24N4O3/c1-16(20-8-4-6-17-5-2-3-7-21(17)20)25-15-22(27)24-14-13-23-18-9-11-19(12-10-18)26(28)29/h2-12,16,23,25H,13-15H2,1H3,(H,24,27)/p+1/t16-/m1/s1. The molecule has 0 radical (unpaired) electrons. The summed E-state index contributed by atoms with van der Waals surface area (Å²) in [6, 6.07) is 20.9. The molecule has 0 saturated carbocycles. The van der Waals surface area contributed by atoms with E-state index in [2.05, 4.69) is 41.8 Å². The maximum atomic E-state index is 12.1. The van der Waals surface area contributed by atoms with E-state index in [9.17, 15) is 14.9 Å². The number of nitrogens with zero attached hydrogens (tertiary/aromatic N) is 1. The highest BCUT2D eigenvalue weighted by molar-refractivity contribution is 5.86. The normalized spacial score (nSPS) is 11.8. The number of nitro groups is 1. The molecule has 1 amide bonds. The van der Waals surface area contributed by atoms with Crippen LogP contribution in [0.4, 0.5) is 11.4 Å². The zero-order valence-corrected chi connectivity index (χ0v) is 16.3. The number of carbonyl (C=O) groups is 1. The third-order valence-corrected chi connectivity index (χ3v) is 4.83. The van der Waals surface area contributed by atoms with Gasteiger partial charge in [0.1, 0.15) is 6.04 Å². The molecule has 1 atom stereocenters. The fourth-order valence-corrected chi connectivity index (χ4v) is 3.24. The summed E-state index contributed by atoms with van der Waals surface area (Å²) in [5, 5.41) is 21.1. The molecule has 0 saturated heterocycles. The van der Waals surface area contributed by atoms with Crippen molar-refractivity contribution in [1.29, 1.82) is 0 Å². The van der Waals surface area contributed by atoms with Gasteiger partial charge < -0.3 is 16.0 Å². The van der Waals surface area contributed by atoms with E-state index < -0.39 is 4.92 Å². The van der Waals surface area contributed by atoms with E-state index in [-0.39, 0.29) is 17.6 Å². The van der Waals surface area contributed by atoms with Crippen LogP contribution < -0.4 is 16.0 Å². The highest BCUT2D eigenvalue weighted by atomic mass is 16.6. The van der Waals surface area contributed by atoms with Crippen LogP contribution in [-0.2, 0) is 4.79 Å². The lowest BCUT2D eigenvalue weighted by Gasteiger charge is -2.14. The molecule has 7 heteroatoms. The van der Waals surface area contributed by atoms with Gasteiger partial charge in [-0.1, -0.05) is 42.5 Å². The minimum atomic E-state index is -0.431. The molecule has 3 aromatic rings. The minimum absolute atomic E-state index is 0.0254. The molecule has 0 spiro atoms. The lowest BCUT2D eigenvalue weighted by atomic mass is 10.00. The Bertz CT molecular complexity index is 984. The Hall–Kier alpha value is -3.45. The first kappa shape index (κ1) is 20.3. The molecule has 29 heavy (non-hydrogen) atoms. The molecule has 0 aliphatic carbocycles. The fourth-order valence-electron chi connectivity index (χ4n) is 3.24. The lowest BCUT2D eigenvalue weighted by Crippen LogP contribution is -2.87. The largest absolute Gasteiger partial charge is 0.383 e. The van der Waals surface area contributed by atoms with E-state index in [1.54, 1.807) is 12.1 Å². The number of nitro benzene ring substituents is 1. The van der Waals surface area contributed by atoms with E-state index in [1.807, 2.05) is 23.5 Å². The van der Waals surface area contributed by atoms with Crippen LogP contribution in [0.2, 0.25) is 0 Å². The van der Waals surface area contributed by atoms with Crippen molar-refractivity contribution in [2.45, 2.75) is 13.0 Å². The number of non-ortho nitro benzene ring substituents is 1. The van der Waals surface area contributed by atoms with Gasteiger partial charge in [-0.05, 0) is 29.8 Å². The third kappa shape index (κ3) is 5.52. The van der Waals surface area contributed by atoms with Crippen LogP contribution in [0.15, 0.2) is 66.7 Å². The Balaban J connectivity index is 1.41. The van der Waals surface area contributed by atoms with E-state index in [0.717, 1.165) is 5.69 Å². The number of nitrogens with two attached hydrogens (primary N) is 1. The number of amides is 1. The first-order valence-electron chi connectivity index (χ1n) is 9.60. The number of benzene rings is 3. The maximum Gasteiger partial charge on any atom is 0.275 e. The van der Waals surface area contributed by atoms with Gasteiger partial charge in [0.25, 0.3) is 11.6 Å². The van der Waals surface area contributed by atoms with Gasteiger partial charge >= 0.3 is 0 Å². The van der Waals surface area contributed by atoms with Crippen molar-refractivity contribution in [3.8, 4) is 0 Å². The summed E-state index contributed by atoms with van der Waals surface area (Å²) < 4.78 is 0. The van der Waals surface area contributed by atoms with Crippen LogP contribution in [0.25, 0.3) is 10.8 Å². The molecule has 0 aromatic heterocycles. The molecule has 4 N–H and O–H groups in total. The molecule has 150 valence electrons. The van der Waals surface area contributed by atoms with Crippen molar-refractivity contribution in [2.24, 2.45) is 0 Å². The molecule has 0 unspecified atom stereocenters. The monoisotopic (exact) mass is 393 g/mol. The van der Waals surface area contributed by atoms with Crippen LogP contribution in [0.1, 0.15) is 18.5 Å². The van der Waals surface area contributed by atoms with Gasteiger partial charge in [0, 0.05) is 36.5 Å². The summed E-state index contributed by atoms with van der Waals surface area (Å²) in [4.78, 5) is 22.3. The van der Waals surface area contributed by atoms with Crippen molar-refractivity contribution in [3.63, 3.8) is 0 Å². The predicted octanol–water partition coefficient (Wildman–Crippen LogP) is 2.60. The molecule has 3 aromatic carbocycles. The number of carbonyl (C=O) groups excluding carboxylic acids is 1. The molecule has 0 heterocycles. The van der Waals surface area contributed by atoms with Gasteiger partial charge in [-0.15, -0.1) is 0 Å². The highest BCUT2D eigenvalue weighted by Crippen LogP contribution is 2.22. The van der Waals surface area contributed by atoms with Crippen LogP contribution in [0.3, 0.4) is 0 Å². The third-order valence-electron chi connectivity index (χ3n) is 4.83. The number of nitrogens with one attached hydrogen (secondary N) is 2. The minimum Gasteiger partial charge on any atom is -0.383 e. The van der Waals surface area contributed by atoms with Crippen molar-refractivity contribution >= 4 is 28.1 Å². The lowest BCUT2D eigenvalue weighted by molar-refractivity contribution is -0.682. The first-order valence-corrected chi connectivity index (χ1v) is 9.60. The van der Waals surface area contributed by atoms with Gasteiger partial charge in [-0.2, -0.15) is 0 Å². The zero-order valence-electron chi connectivity index (χ0n) is 16.3. The summed E-state index contributed by atoms with van der Waals surface area (Å²) in [5.74, 6) is -0.0254. The Morgan fingerprint density at radius 3 is 2.52 bits per heavy atom. The zero-order chi connectivity index (χ0) is 20.6. The summed E-state index contributed by atoms with van der Waals surface area (Å²) in [6.45, 7) is 3.47. The van der Waals surface area contributed by atoms with Crippen LogP contribution >= 0.6 is 0 Å². The predicted molar refractivity (Wildman–Crippen MR) is 114 cm³/mol. The average molecular weight is 393 g/mol. The van der Waals surface area contributed by atoms with E-state index >= 15 is 0 Å². The van der Waals surface area contributed by atoms with Crippen molar-refractivity contribution in [3.05, 3.63) is 82.4 Å². The highest BCUT2D eigenvalue weighted by Gasteiger charge is 2.13. The molecule has 0 bridgehead atoms. The second-order valence-corrected chi connectivity index (χ2v) is 6.88. The number of fused-ring (bicyclic) bond motifs is 1. The number of hydrogen-bond acceptors (Lipinski definition) is 4. The molecule has 3 rings (SSSR count). The summed E-state index contributed by atoms with van der Waals surface area (Å²) in [6.07, 6.45) is 0. The number of quaternary nitrogens is 1. The Labute approximate surface area is 169 Å². The Morgan fingerprint density at radius 1 is 1.03 bits per heavy atom. The molecule has 7 nitrogen and oxygen atoms in total. The average Bonchev–Trinajstić information content (AvgIpc) is 2.75. The fraction of sp³-hybridized carbons (Fsp3) is 0.227. The second-order valence-electron chi connectivity index (χ2n) is 6.88. The van der Waals surface area contributed by atoms with E-state index in [4.69, 9.17) is 0 Å². The smallest absolute Gasteiger partial charge is 0.275 e. The molecular weight excluding hydrogens is 368 g/mol. The molecule has 0 aliphatic rings. The van der Waals surface area contributed by atoms with Crippen molar-refractivity contribution < 1.29 is 15.0 Å². The van der Waals surface area contributed by atoms with Gasteiger partial charge in [0.15, 0.2) is 6.54 Å². The Morgan fingerprint density at radius 2 is 1.76 bits per heavy atom. The van der Waals surface area contributed by atoms with Gasteiger partial charge in [0.2, 0.25) is 0 Å². The van der Waals surface area contributed by atoms with Crippen LogP contribution in [-0.4, -0.2) is 30.5 Å². The van der Waals surface area contributed by atoms with Gasteiger partial charge in [-0.3, -0.25) is 14.9 Å².